The van der Waals surface area contributed by atoms with E-state index < -0.39 is 0 Å². The first-order valence-electron chi connectivity index (χ1n) is 8.80. The van der Waals surface area contributed by atoms with Gasteiger partial charge in [-0.15, -0.1) is 0 Å². The predicted molar refractivity (Wildman–Crippen MR) is 103 cm³/mol. The minimum Gasteiger partial charge on any atom is -0.368 e. The smallest absolute Gasteiger partial charge is 0.222 e. The SMILES string of the molecule is Cc1nc(N)nc(N2CCC(NCc3cn4ccccc4n3)CC2)c1Cl. The Morgan fingerprint density at radius 3 is 2.81 bits per heavy atom. The molecule has 1 aliphatic heterocycles. The molecule has 0 saturated carbocycles. The van der Waals surface area contributed by atoms with E-state index in [0.717, 1.165) is 55.3 Å². The molecule has 3 aromatic rings. The second-order valence-electron chi connectivity index (χ2n) is 6.65. The van der Waals surface area contributed by atoms with Crippen molar-refractivity contribution >= 4 is 29.0 Å². The number of pyridine rings is 1. The average molecular weight is 372 g/mol. The number of rotatable bonds is 4. The van der Waals surface area contributed by atoms with Crippen LogP contribution in [0.1, 0.15) is 24.2 Å². The Bertz CT molecular complexity index is 882. The lowest BCUT2D eigenvalue weighted by Gasteiger charge is -2.33. The number of nitrogen functional groups attached to an aromatic ring is 1. The van der Waals surface area contributed by atoms with Gasteiger partial charge in [-0.3, -0.25) is 0 Å². The molecule has 8 heteroatoms. The standard InChI is InChI=1S/C18H22ClN7/c1-12-16(19)17(24-18(20)22-12)25-8-5-13(6-9-25)21-10-14-11-26-7-3-2-4-15(26)23-14/h2-4,7,11,13,21H,5-6,8-10H2,1H3,(H2,20,22,24). The Labute approximate surface area is 157 Å². The average Bonchev–Trinajstić information content (AvgIpc) is 3.06. The molecule has 0 spiro atoms. The van der Waals surface area contributed by atoms with Crippen LogP contribution in [0.15, 0.2) is 30.6 Å². The molecule has 0 bridgehead atoms. The summed E-state index contributed by atoms with van der Waals surface area (Å²) in [5.41, 5.74) is 8.53. The van der Waals surface area contributed by atoms with Gasteiger partial charge in [0.1, 0.15) is 10.7 Å². The molecule has 1 saturated heterocycles. The van der Waals surface area contributed by atoms with Crippen LogP contribution >= 0.6 is 11.6 Å². The Hall–Kier alpha value is -2.38. The minimum atomic E-state index is 0.272. The number of halogens is 1. The molecule has 0 atom stereocenters. The number of hydrogen-bond acceptors (Lipinski definition) is 6. The molecule has 26 heavy (non-hydrogen) atoms. The van der Waals surface area contributed by atoms with Crippen molar-refractivity contribution in [2.75, 3.05) is 23.7 Å². The topological polar surface area (TPSA) is 84.4 Å². The Kier molecular flexibility index (Phi) is 4.65. The lowest BCUT2D eigenvalue weighted by Crippen LogP contribution is -2.42. The molecule has 4 rings (SSSR count). The number of aromatic nitrogens is 4. The molecule has 0 radical (unpaired) electrons. The van der Waals surface area contributed by atoms with Gasteiger partial charge in [-0.05, 0) is 31.9 Å². The van der Waals surface area contributed by atoms with E-state index in [1.165, 1.54) is 0 Å². The molecule has 3 N–H and O–H groups in total. The van der Waals surface area contributed by atoms with Crippen molar-refractivity contribution in [3.8, 4) is 0 Å². The van der Waals surface area contributed by atoms with Crippen LogP contribution in [0, 0.1) is 6.92 Å². The molecular formula is C18H22ClN7. The van der Waals surface area contributed by atoms with Gasteiger partial charge < -0.3 is 20.4 Å². The van der Waals surface area contributed by atoms with E-state index in [2.05, 4.69) is 31.4 Å². The molecule has 7 nitrogen and oxygen atoms in total. The Morgan fingerprint density at radius 1 is 1.23 bits per heavy atom. The number of hydrogen-bond donors (Lipinski definition) is 2. The highest BCUT2D eigenvalue weighted by Crippen LogP contribution is 2.28. The normalized spacial score (nSPS) is 15.7. The fourth-order valence-electron chi connectivity index (χ4n) is 3.39. The van der Waals surface area contributed by atoms with Gasteiger partial charge in [0.25, 0.3) is 0 Å². The van der Waals surface area contributed by atoms with Gasteiger partial charge in [-0.2, -0.15) is 4.98 Å². The summed E-state index contributed by atoms with van der Waals surface area (Å²) in [4.78, 5) is 15.3. The third kappa shape index (κ3) is 3.45. The first kappa shape index (κ1) is 17.1. The van der Waals surface area contributed by atoms with Crippen molar-refractivity contribution in [1.82, 2.24) is 24.7 Å². The number of nitrogens with zero attached hydrogens (tertiary/aromatic N) is 5. The third-order valence-corrected chi connectivity index (χ3v) is 5.24. The maximum atomic E-state index is 6.37. The van der Waals surface area contributed by atoms with Gasteiger partial charge in [0.05, 0.1) is 11.4 Å². The molecule has 0 amide bonds. The monoisotopic (exact) mass is 371 g/mol. The highest BCUT2D eigenvalue weighted by molar-refractivity contribution is 6.33. The number of aryl methyl sites for hydroxylation is 1. The Morgan fingerprint density at radius 2 is 2.04 bits per heavy atom. The summed E-state index contributed by atoms with van der Waals surface area (Å²) in [6.45, 7) is 4.40. The van der Waals surface area contributed by atoms with Crippen LogP contribution in [-0.2, 0) is 6.54 Å². The van der Waals surface area contributed by atoms with Gasteiger partial charge in [0, 0.05) is 38.1 Å². The quantitative estimate of drug-likeness (QED) is 0.732. The van der Waals surface area contributed by atoms with Crippen molar-refractivity contribution in [2.45, 2.75) is 32.4 Å². The molecule has 136 valence electrons. The molecule has 1 aliphatic rings. The van der Waals surface area contributed by atoms with E-state index in [1.807, 2.05) is 35.7 Å². The largest absolute Gasteiger partial charge is 0.368 e. The summed E-state index contributed by atoms with van der Waals surface area (Å²) in [7, 11) is 0. The van der Waals surface area contributed by atoms with Gasteiger partial charge in [0.15, 0.2) is 5.82 Å². The van der Waals surface area contributed by atoms with E-state index in [9.17, 15) is 0 Å². The molecule has 1 fully saturated rings. The fourth-order valence-corrected chi connectivity index (χ4v) is 3.60. The summed E-state index contributed by atoms with van der Waals surface area (Å²) in [5.74, 6) is 1.02. The molecule has 0 aromatic carbocycles. The summed E-state index contributed by atoms with van der Waals surface area (Å²) < 4.78 is 2.05. The Balaban J connectivity index is 1.35. The van der Waals surface area contributed by atoms with Crippen LogP contribution in [0.2, 0.25) is 5.02 Å². The van der Waals surface area contributed by atoms with Gasteiger partial charge >= 0.3 is 0 Å². The number of imidazole rings is 1. The predicted octanol–water partition coefficient (Wildman–Crippen LogP) is 2.43. The highest BCUT2D eigenvalue weighted by atomic mass is 35.5. The number of piperidine rings is 1. The zero-order valence-electron chi connectivity index (χ0n) is 14.7. The van der Waals surface area contributed by atoms with Crippen LogP contribution in [0.5, 0.6) is 0 Å². The van der Waals surface area contributed by atoms with Crippen molar-refractivity contribution in [1.29, 1.82) is 0 Å². The van der Waals surface area contributed by atoms with Gasteiger partial charge in [-0.1, -0.05) is 17.7 Å². The fraction of sp³-hybridized carbons (Fsp3) is 0.389. The van der Waals surface area contributed by atoms with Crippen LogP contribution in [0.25, 0.3) is 5.65 Å². The second kappa shape index (κ2) is 7.09. The van der Waals surface area contributed by atoms with E-state index >= 15 is 0 Å². The zero-order valence-corrected chi connectivity index (χ0v) is 15.4. The van der Waals surface area contributed by atoms with Gasteiger partial charge in [-0.25, -0.2) is 9.97 Å². The summed E-state index contributed by atoms with van der Waals surface area (Å²) in [5, 5.41) is 4.21. The number of anilines is 2. The summed E-state index contributed by atoms with van der Waals surface area (Å²) >= 11 is 6.37. The van der Waals surface area contributed by atoms with Crippen LogP contribution in [0.4, 0.5) is 11.8 Å². The molecule has 4 heterocycles. The molecular weight excluding hydrogens is 350 g/mol. The van der Waals surface area contributed by atoms with E-state index in [1.54, 1.807) is 0 Å². The van der Waals surface area contributed by atoms with E-state index in [-0.39, 0.29) is 5.95 Å². The zero-order chi connectivity index (χ0) is 18.1. The van der Waals surface area contributed by atoms with E-state index in [4.69, 9.17) is 17.3 Å². The van der Waals surface area contributed by atoms with E-state index in [0.29, 0.717) is 11.1 Å². The summed E-state index contributed by atoms with van der Waals surface area (Å²) in [6, 6.07) is 6.48. The van der Waals surface area contributed by atoms with Crippen molar-refractivity contribution in [2.24, 2.45) is 0 Å². The van der Waals surface area contributed by atoms with Crippen LogP contribution in [-0.4, -0.2) is 38.5 Å². The third-order valence-electron chi connectivity index (χ3n) is 4.80. The molecule has 0 aliphatic carbocycles. The lowest BCUT2D eigenvalue weighted by molar-refractivity contribution is 0.411. The second-order valence-corrected chi connectivity index (χ2v) is 7.02. The van der Waals surface area contributed by atoms with Gasteiger partial charge in [0.2, 0.25) is 5.95 Å². The number of nitrogens with two attached hydrogens (primary N) is 1. The maximum absolute atomic E-state index is 6.37. The minimum absolute atomic E-state index is 0.272. The lowest BCUT2D eigenvalue weighted by atomic mass is 10.0. The highest BCUT2D eigenvalue weighted by Gasteiger charge is 2.23. The number of nitrogens with one attached hydrogen (secondary N) is 1. The number of fused-ring (bicyclic) bond motifs is 1. The molecule has 3 aromatic heterocycles. The summed E-state index contributed by atoms with van der Waals surface area (Å²) in [6.07, 6.45) is 6.13. The van der Waals surface area contributed by atoms with Crippen LogP contribution < -0.4 is 16.0 Å². The maximum Gasteiger partial charge on any atom is 0.222 e. The van der Waals surface area contributed by atoms with Crippen molar-refractivity contribution < 1.29 is 0 Å². The first-order chi connectivity index (χ1) is 12.6. The first-order valence-corrected chi connectivity index (χ1v) is 9.18. The van der Waals surface area contributed by atoms with Crippen molar-refractivity contribution in [3.63, 3.8) is 0 Å². The van der Waals surface area contributed by atoms with Crippen molar-refractivity contribution in [3.05, 3.63) is 47.0 Å². The molecule has 0 unspecified atom stereocenters. The van der Waals surface area contributed by atoms with Crippen LogP contribution in [0.3, 0.4) is 0 Å².